The summed E-state index contributed by atoms with van der Waals surface area (Å²) in [5.74, 6) is 2.31. The van der Waals surface area contributed by atoms with E-state index in [1.807, 2.05) is 35.9 Å². The first-order valence-corrected chi connectivity index (χ1v) is 23.7. The zero-order valence-electron chi connectivity index (χ0n) is 38.4. The van der Waals surface area contributed by atoms with Gasteiger partial charge in [-0.15, -0.1) is 0 Å². The van der Waals surface area contributed by atoms with Crippen LogP contribution >= 0.6 is 0 Å². The largest absolute Gasteiger partial charge is 0.488 e. The number of ether oxygens (including phenoxy) is 4. The van der Waals surface area contributed by atoms with Gasteiger partial charge in [0.2, 0.25) is 11.8 Å². The topological polar surface area (TPSA) is 193 Å². The quantitative estimate of drug-likeness (QED) is 0.107. The summed E-state index contributed by atoms with van der Waals surface area (Å²) < 4.78 is 21.9. The number of hydrogen-bond acceptors (Lipinski definition) is 10. The maximum Gasteiger partial charge on any atom is 0.407 e. The number of likely N-dealkylation sites (tertiary alicyclic amines) is 2. The van der Waals surface area contributed by atoms with Gasteiger partial charge < -0.3 is 49.3 Å². The highest BCUT2D eigenvalue weighted by atomic mass is 16.5. The predicted octanol–water partition coefficient (Wildman–Crippen LogP) is 8.08. The van der Waals surface area contributed by atoms with Crippen molar-refractivity contribution in [1.29, 1.82) is 0 Å². The Bertz CT molecular complexity index is 2670. The van der Waals surface area contributed by atoms with Gasteiger partial charge in [0, 0.05) is 36.2 Å². The lowest BCUT2D eigenvalue weighted by Crippen LogP contribution is -2.54. The highest BCUT2D eigenvalue weighted by molar-refractivity contribution is 6.07. The number of hydrogen-bond donors (Lipinski definition) is 4. The number of methoxy groups -OCH3 is 2. The molecule has 5 aliphatic rings. The molecule has 5 aromatic rings. The molecule has 16 nitrogen and oxygen atoms in total. The molecule has 3 saturated heterocycles. The fourth-order valence-electron chi connectivity index (χ4n) is 11.6. The van der Waals surface area contributed by atoms with Crippen molar-refractivity contribution < 1.29 is 38.1 Å². The van der Waals surface area contributed by atoms with Crippen molar-refractivity contribution >= 4 is 45.8 Å². The van der Waals surface area contributed by atoms with Gasteiger partial charge in [-0.25, -0.2) is 19.6 Å². The summed E-state index contributed by atoms with van der Waals surface area (Å²) in [4.78, 5) is 74.7. The minimum atomic E-state index is -0.714. The molecule has 3 aromatic carbocycles. The van der Waals surface area contributed by atoms with Crippen molar-refractivity contribution in [2.45, 2.75) is 121 Å². The first-order valence-electron chi connectivity index (χ1n) is 23.7. The molecule has 8 atom stereocenters. The number of imidazole rings is 2. The second-order valence-corrected chi connectivity index (χ2v) is 19.0. The lowest BCUT2D eigenvalue weighted by Gasteiger charge is -2.36. The van der Waals surface area contributed by atoms with E-state index in [1.165, 1.54) is 14.2 Å². The molecule has 348 valence electrons. The molecule has 0 bridgehead atoms. The maximum absolute atomic E-state index is 14.5. The van der Waals surface area contributed by atoms with E-state index in [1.54, 1.807) is 0 Å². The maximum atomic E-state index is 14.5. The Hall–Kier alpha value is -6.16. The number of aromatic amines is 2. The summed E-state index contributed by atoms with van der Waals surface area (Å²) in [6, 6.07) is 12.9. The summed E-state index contributed by atoms with van der Waals surface area (Å²) in [5, 5.41) is 7.73. The van der Waals surface area contributed by atoms with Gasteiger partial charge in [-0.05, 0) is 116 Å². The Kier molecular flexibility index (Phi) is 11.9. The zero-order valence-corrected chi connectivity index (χ0v) is 38.4. The minimum Gasteiger partial charge on any atom is -0.488 e. The van der Waals surface area contributed by atoms with Crippen LogP contribution in [0.4, 0.5) is 9.59 Å². The summed E-state index contributed by atoms with van der Waals surface area (Å²) in [5.41, 5.74) is 6.67. The second-order valence-electron chi connectivity index (χ2n) is 19.0. The molecule has 4 fully saturated rings. The third kappa shape index (κ3) is 7.79. The molecule has 1 aliphatic carbocycles. The number of alkyl carbamates (subject to hydrolysis) is 2. The Morgan fingerprint density at radius 3 is 2.45 bits per heavy atom. The SMILES string of the molecule is CC[C@H](C)[C@H](NC(=O)OC)C(=O)N1[C@H](c2nc3ccc4cc5c(cc4c3[nH]2)OCc2cc(-c3cnc([C@@H]4CC[C@H](C)N4C(=O)C(NC(=O)OC)C4CCOCC4)[nH]3)ccc2-5)C[C@@H]2CCC[C@@H]21. The number of carbonyl (C=O) groups is 4. The third-order valence-corrected chi connectivity index (χ3v) is 15.3. The summed E-state index contributed by atoms with van der Waals surface area (Å²) in [7, 11) is 2.64. The molecule has 0 radical (unpaired) electrons. The number of H-pyrrole nitrogens is 2. The van der Waals surface area contributed by atoms with Crippen LogP contribution in [0.5, 0.6) is 5.75 Å². The van der Waals surface area contributed by atoms with Gasteiger partial charge in [0.25, 0.3) is 0 Å². The van der Waals surface area contributed by atoms with Crippen molar-refractivity contribution in [1.82, 2.24) is 40.4 Å². The van der Waals surface area contributed by atoms with Crippen molar-refractivity contribution in [3.8, 4) is 28.1 Å². The lowest BCUT2D eigenvalue weighted by atomic mass is 9.90. The van der Waals surface area contributed by atoms with Crippen LogP contribution in [0.15, 0.2) is 48.7 Å². The number of benzene rings is 3. The molecular formula is C50H60N8O8. The number of aromatic nitrogens is 4. The van der Waals surface area contributed by atoms with Crippen LogP contribution in [-0.4, -0.2) is 105 Å². The molecular weight excluding hydrogens is 841 g/mol. The van der Waals surface area contributed by atoms with E-state index in [-0.39, 0.29) is 47.8 Å². The Labute approximate surface area is 383 Å². The lowest BCUT2D eigenvalue weighted by molar-refractivity contribution is -0.139. The molecule has 4 amide bonds. The molecule has 6 heterocycles. The van der Waals surface area contributed by atoms with Crippen LogP contribution in [0.2, 0.25) is 0 Å². The average Bonchev–Trinajstić information content (AvgIpc) is 4.20. The number of rotatable bonds is 10. The number of nitrogens with zero attached hydrogens (tertiary/aromatic N) is 4. The van der Waals surface area contributed by atoms with E-state index in [9.17, 15) is 19.2 Å². The number of nitrogens with one attached hydrogen (secondary N) is 4. The molecule has 10 rings (SSSR count). The highest BCUT2D eigenvalue weighted by Gasteiger charge is 2.50. The van der Waals surface area contributed by atoms with Crippen molar-refractivity contribution in [3.05, 3.63) is 65.9 Å². The van der Waals surface area contributed by atoms with Crippen LogP contribution in [-0.2, 0) is 30.4 Å². The molecule has 4 N–H and O–H groups in total. The monoisotopic (exact) mass is 900 g/mol. The zero-order chi connectivity index (χ0) is 45.8. The highest BCUT2D eigenvalue weighted by Crippen LogP contribution is 2.49. The van der Waals surface area contributed by atoms with E-state index in [0.717, 1.165) is 106 Å². The van der Waals surface area contributed by atoms with Crippen LogP contribution in [0.3, 0.4) is 0 Å². The van der Waals surface area contributed by atoms with Gasteiger partial charge in [-0.2, -0.15) is 0 Å². The fourth-order valence-corrected chi connectivity index (χ4v) is 11.6. The van der Waals surface area contributed by atoms with E-state index in [2.05, 4.69) is 63.9 Å². The third-order valence-electron chi connectivity index (χ3n) is 15.3. The minimum absolute atomic E-state index is 0.0278. The van der Waals surface area contributed by atoms with E-state index in [4.69, 9.17) is 28.9 Å². The van der Waals surface area contributed by atoms with E-state index < -0.39 is 24.3 Å². The molecule has 1 unspecified atom stereocenters. The number of amides is 4. The molecule has 4 aliphatic heterocycles. The van der Waals surface area contributed by atoms with Crippen LogP contribution in [0.25, 0.3) is 44.2 Å². The molecule has 16 heteroatoms. The van der Waals surface area contributed by atoms with Crippen LogP contribution in [0, 0.1) is 17.8 Å². The van der Waals surface area contributed by atoms with Crippen LogP contribution in [0.1, 0.15) is 108 Å². The number of fused-ring (bicyclic) bond motifs is 7. The molecule has 2 aromatic heterocycles. The van der Waals surface area contributed by atoms with Gasteiger partial charge in [0.05, 0.1) is 49.2 Å². The summed E-state index contributed by atoms with van der Waals surface area (Å²) in [6.45, 7) is 7.55. The van der Waals surface area contributed by atoms with Gasteiger partial charge in [-0.1, -0.05) is 44.9 Å². The Balaban J connectivity index is 0.906. The smallest absolute Gasteiger partial charge is 0.407 e. The summed E-state index contributed by atoms with van der Waals surface area (Å²) in [6.07, 6.45) is 8.18. The standard InChI is InChI=1S/C50H60N8O8/c1-6-26(2)42(55-49(61)63-4)47(59)58-38-9-7-8-31(38)22-40(58)46-52-36-14-12-29-21-35-33-13-11-30(20-32(33)25-66-41(35)23-34(29)44(36)54-46)37-24-51-45(53-37)39-15-10-27(3)57(39)48(60)43(56-50(62)64-5)28-16-18-65-19-17-28/h11-14,20-21,23-24,26-28,31,38-40,42-43H,6-10,15-19,22,25H2,1-5H3,(H,51,53)(H,52,54)(H,55,61)(H,56,62)/t26-,27-,31-,38-,39-,40-,42-,43?/m0/s1. The van der Waals surface area contributed by atoms with Crippen LogP contribution < -0.4 is 15.4 Å². The average molecular weight is 901 g/mol. The van der Waals surface area contributed by atoms with Crippen molar-refractivity contribution in [2.24, 2.45) is 17.8 Å². The molecule has 0 spiro atoms. The predicted molar refractivity (Wildman–Crippen MR) is 246 cm³/mol. The van der Waals surface area contributed by atoms with Crippen molar-refractivity contribution in [2.75, 3.05) is 27.4 Å². The summed E-state index contributed by atoms with van der Waals surface area (Å²) >= 11 is 0. The Morgan fingerprint density at radius 2 is 1.67 bits per heavy atom. The Morgan fingerprint density at radius 1 is 0.864 bits per heavy atom. The molecule has 1 saturated carbocycles. The molecule has 66 heavy (non-hydrogen) atoms. The van der Waals surface area contributed by atoms with Gasteiger partial charge >= 0.3 is 12.2 Å². The van der Waals surface area contributed by atoms with Crippen molar-refractivity contribution in [3.63, 3.8) is 0 Å². The van der Waals surface area contributed by atoms with Gasteiger partial charge in [-0.3, -0.25) is 9.59 Å². The normalized spacial score (nSPS) is 24.0. The second kappa shape index (κ2) is 17.9. The fraction of sp³-hybridized carbons (Fsp3) is 0.520. The van der Waals surface area contributed by atoms with E-state index in [0.29, 0.717) is 44.4 Å². The van der Waals surface area contributed by atoms with E-state index >= 15 is 0 Å². The first kappa shape index (κ1) is 43.7. The number of carbonyl (C=O) groups excluding carboxylic acids is 4. The van der Waals surface area contributed by atoms with Gasteiger partial charge in [0.1, 0.15) is 36.1 Å². The first-order chi connectivity index (χ1) is 32.0. The van der Waals surface area contributed by atoms with Gasteiger partial charge in [0.15, 0.2) is 0 Å².